The Kier molecular flexibility index (Phi) is 4.10. The van der Waals surface area contributed by atoms with Gasteiger partial charge in [0.1, 0.15) is 5.76 Å². The first-order valence-electron chi connectivity index (χ1n) is 8.13. The van der Waals surface area contributed by atoms with Crippen LogP contribution in [-0.2, 0) is 4.74 Å². The SMILES string of the molecule is Cc1noc(C)c1-c1nc(N2CCOCC2)ncc1-c1cnccn1. The predicted molar refractivity (Wildman–Crippen MR) is 91.1 cm³/mol. The van der Waals surface area contributed by atoms with Crippen LogP contribution in [0.15, 0.2) is 29.3 Å². The second-order valence-electron chi connectivity index (χ2n) is 5.82. The number of morpholine rings is 1. The number of aromatic nitrogens is 5. The fraction of sp³-hybridized carbons (Fsp3) is 0.353. The summed E-state index contributed by atoms with van der Waals surface area (Å²) in [6, 6.07) is 0. The summed E-state index contributed by atoms with van der Waals surface area (Å²) in [6.07, 6.45) is 6.79. The molecule has 0 spiro atoms. The highest BCUT2D eigenvalue weighted by Crippen LogP contribution is 2.34. The largest absolute Gasteiger partial charge is 0.378 e. The third-order valence-electron chi connectivity index (χ3n) is 4.18. The summed E-state index contributed by atoms with van der Waals surface area (Å²) >= 11 is 0. The van der Waals surface area contributed by atoms with E-state index in [4.69, 9.17) is 14.2 Å². The second-order valence-corrected chi connectivity index (χ2v) is 5.82. The molecule has 0 saturated carbocycles. The van der Waals surface area contributed by atoms with Crippen LogP contribution in [0.25, 0.3) is 22.5 Å². The molecule has 128 valence electrons. The molecule has 0 bridgehead atoms. The van der Waals surface area contributed by atoms with Gasteiger partial charge >= 0.3 is 0 Å². The molecule has 25 heavy (non-hydrogen) atoms. The molecule has 0 aliphatic carbocycles. The van der Waals surface area contributed by atoms with Crippen LogP contribution in [0.3, 0.4) is 0 Å². The van der Waals surface area contributed by atoms with Crippen molar-refractivity contribution in [2.24, 2.45) is 0 Å². The van der Waals surface area contributed by atoms with Crippen molar-refractivity contribution in [3.05, 3.63) is 36.2 Å². The molecule has 1 saturated heterocycles. The van der Waals surface area contributed by atoms with Crippen LogP contribution in [0.1, 0.15) is 11.5 Å². The van der Waals surface area contributed by atoms with E-state index in [2.05, 4.69) is 25.0 Å². The summed E-state index contributed by atoms with van der Waals surface area (Å²) in [5.74, 6) is 1.39. The maximum Gasteiger partial charge on any atom is 0.226 e. The van der Waals surface area contributed by atoms with Gasteiger partial charge in [-0.15, -0.1) is 0 Å². The fourth-order valence-electron chi connectivity index (χ4n) is 2.93. The van der Waals surface area contributed by atoms with E-state index in [1.54, 1.807) is 24.8 Å². The minimum Gasteiger partial charge on any atom is -0.378 e. The maximum atomic E-state index is 5.41. The molecule has 0 aromatic carbocycles. The van der Waals surface area contributed by atoms with E-state index in [1.165, 1.54) is 0 Å². The predicted octanol–water partition coefficient (Wildman–Crippen LogP) is 2.04. The quantitative estimate of drug-likeness (QED) is 0.717. The van der Waals surface area contributed by atoms with E-state index in [0.717, 1.165) is 35.6 Å². The number of rotatable bonds is 3. The van der Waals surface area contributed by atoms with Gasteiger partial charge in [0.25, 0.3) is 0 Å². The molecule has 1 fully saturated rings. The van der Waals surface area contributed by atoms with Crippen LogP contribution in [0.2, 0.25) is 0 Å². The summed E-state index contributed by atoms with van der Waals surface area (Å²) in [5.41, 5.74) is 3.94. The molecule has 1 aliphatic rings. The van der Waals surface area contributed by atoms with Gasteiger partial charge in [-0.2, -0.15) is 0 Å². The molecule has 0 amide bonds. The van der Waals surface area contributed by atoms with Gasteiger partial charge in [0.05, 0.1) is 42.1 Å². The number of ether oxygens (including phenoxy) is 1. The van der Waals surface area contributed by atoms with Crippen LogP contribution < -0.4 is 4.90 Å². The van der Waals surface area contributed by atoms with Gasteiger partial charge in [-0.1, -0.05) is 5.16 Å². The van der Waals surface area contributed by atoms with Crippen LogP contribution in [0.4, 0.5) is 5.95 Å². The van der Waals surface area contributed by atoms with E-state index in [0.29, 0.717) is 30.6 Å². The molecule has 0 unspecified atom stereocenters. The summed E-state index contributed by atoms with van der Waals surface area (Å²) in [5, 5.41) is 4.06. The van der Waals surface area contributed by atoms with Gasteiger partial charge in [0.2, 0.25) is 5.95 Å². The lowest BCUT2D eigenvalue weighted by Crippen LogP contribution is -2.37. The molecular formula is C17H18N6O2. The first-order valence-corrected chi connectivity index (χ1v) is 8.13. The third-order valence-corrected chi connectivity index (χ3v) is 4.18. The Bertz CT molecular complexity index is 855. The molecule has 3 aromatic rings. The summed E-state index contributed by atoms with van der Waals surface area (Å²) in [6.45, 7) is 6.68. The molecule has 1 aliphatic heterocycles. The average molecular weight is 338 g/mol. The van der Waals surface area contributed by atoms with Gasteiger partial charge < -0.3 is 14.2 Å². The Labute approximate surface area is 144 Å². The van der Waals surface area contributed by atoms with E-state index in [1.807, 2.05) is 13.8 Å². The smallest absolute Gasteiger partial charge is 0.226 e. The van der Waals surface area contributed by atoms with Crippen molar-refractivity contribution in [3.63, 3.8) is 0 Å². The van der Waals surface area contributed by atoms with E-state index in [-0.39, 0.29) is 0 Å². The lowest BCUT2D eigenvalue weighted by atomic mass is 10.0. The van der Waals surface area contributed by atoms with Crippen molar-refractivity contribution >= 4 is 5.95 Å². The van der Waals surface area contributed by atoms with Gasteiger partial charge in [0, 0.05) is 37.2 Å². The van der Waals surface area contributed by atoms with Crippen molar-refractivity contribution in [1.82, 2.24) is 25.1 Å². The van der Waals surface area contributed by atoms with Gasteiger partial charge in [-0.25, -0.2) is 9.97 Å². The summed E-state index contributed by atoms with van der Waals surface area (Å²) in [7, 11) is 0. The van der Waals surface area contributed by atoms with E-state index in [9.17, 15) is 0 Å². The van der Waals surface area contributed by atoms with E-state index >= 15 is 0 Å². The second kappa shape index (κ2) is 6.56. The Morgan fingerprint density at radius 1 is 1.04 bits per heavy atom. The van der Waals surface area contributed by atoms with Crippen LogP contribution in [0, 0.1) is 13.8 Å². The van der Waals surface area contributed by atoms with Crippen molar-refractivity contribution in [1.29, 1.82) is 0 Å². The van der Waals surface area contributed by atoms with Crippen molar-refractivity contribution in [3.8, 4) is 22.5 Å². The highest BCUT2D eigenvalue weighted by molar-refractivity contribution is 5.80. The van der Waals surface area contributed by atoms with Crippen LogP contribution in [0.5, 0.6) is 0 Å². The van der Waals surface area contributed by atoms with Gasteiger partial charge in [-0.05, 0) is 13.8 Å². The monoisotopic (exact) mass is 338 g/mol. The van der Waals surface area contributed by atoms with Gasteiger partial charge in [-0.3, -0.25) is 9.97 Å². The topological polar surface area (TPSA) is 90.1 Å². The normalized spacial score (nSPS) is 14.7. The van der Waals surface area contributed by atoms with E-state index < -0.39 is 0 Å². The molecule has 0 atom stereocenters. The maximum absolute atomic E-state index is 5.41. The Hall–Kier alpha value is -2.87. The standard InChI is InChI=1S/C17H18N6O2/c1-11-15(12(2)25-22-11)16-13(14-10-18-3-4-19-14)9-20-17(21-16)23-5-7-24-8-6-23/h3-4,9-10H,5-8H2,1-2H3. The number of hydrogen-bond acceptors (Lipinski definition) is 8. The first kappa shape index (κ1) is 15.6. The van der Waals surface area contributed by atoms with Crippen molar-refractivity contribution in [2.45, 2.75) is 13.8 Å². The fourth-order valence-corrected chi connectivity index (χ4v) is 2.93. The Morgan fingerprint density at radius 3 is 2.56 bits per heavy atom. The summed E-state index contributed by atoms with van der Waals surface area (Å²) < 4.78 is 10.8. The molecule has 3 aromatic heterocycles. The van der Waals surface area contributed by atoms with Crippen LogP contribution >= 0.6 is 0 Å². The molecule has 8 nitrogen and oxygen atoms in total. The minimum absolute atomic E-state index is 0.672. The number of aryl methyl sites for hydroxylation is 2. The zero-order valence-corrected chi connectivity index (χ0v) is 14.1. The minimum atomic E-state index is 0.672. The average Bonchev–Trinajstić information content (AvgIpc) is 3.01. The highest BCUT2D eigenvalue weighted by atomic mass is 16.5. The van der Waals surface area contributed by atoms with Crippen molar-refractivity contribution < 1.29 is 9.26 Å². The third kappa shape index (κ3) is 2.96. The molecule has 4 rings (SSSR count). The summed E-state index contributed by atoms with van der Waals surface area (Å²) in [4.78, 5) is 20.0. The molecule has 8 heteroatoms. The molecule has 4 heterocycles. The molecule has 0 N–H and O–H groups in total. The lowest BCUT2D eigenvalue weighted by Gasteiger charge is -2.27. The van der Waals surface area contributed by atoms with Crippen LogP contribution in [-0.4, -0.2) is 51.4 Å². The first-order chi connectivity index (χ1) is 12.2. The molecule has 0 radical (unpaired) electrons. The van der Waals surface area contributed by atoms with Crippen molar-refractivity contribution in [2.75, 3.05) is 31.2 Å². The molecular weight excluding hydrogens is 320 g/mol. The lowest BCUT2D eigenvalue weighted by molar-refractivity contribution is 0.122. The zero-order chi connectivity index (χ0) is 17.2. The number of hydrogen-bond donors (Lipinski definition) is 0. The van der Waals surface area contributed by atoms with Gasteiger partial charge in [0.15, 0.2) is 0 Å². The zero-order valence-electron chi connectivity index (χ0n) is 14.1. The highest BCUT2D eigenvalue weighted by Gasteiger charge is 2.22. The Morgan fingerprint density at radius 2 is 1.88 bits per heavy atom. The Balaban J connectivity index is 1.87. The number of nitrogens with zero attached hydrogens (tertiary/aromatic N) is 6. The number of anilines is 1.